The second-order valence-corrected chi connectivity index (χ2v) is 7.42. The normalized spacial score (nSPS) is 11.5. The lowest BCUT2D eigenvalue weighted by Gasteiger charge is -2.15. The summed E-state index contributed by atoms with van der Waals surface area (Å²) in [6.07, 6.45) is -0.692. The number of carboxylic acid groups (broad SMARTS) is 1. The predicted molar refractivity (Wildman–Crippen MR) is 94.8 cm³/mol. The molecule has 0 aliphatic carbocycles. The van der Waals surface area contributed by atoms with Gasteiger partial charge in [0.15, 0.2) is 0 Å². The molecule has 2 amide bonds. The van der Waals surface area contributed by atoms with Gasteiger partial charge in [0.05, 0.1) is 0 Å². The number of ether oxygens (including phenoxy) is 1. The van der Waals surface area contributed by atoms with Crippen LogP contribution in [0, 0.1) is 0 Å². The first-order chi connectivity index (χ1) is 11.5. The van der Waals surface area contributed by atoms with Gasteiger partial charge in [-0.15, -0.1) is 0 Å². The summed E-state index contributed by atoms with van der Waals surface area (Å²) in [5.41, 5.74) is 6.26. The molecule has 0 spiro atoms. The average molecular weight is 372 g/mol. The molecule has 0 bridgehead atoms. The summed E-state index contributed by atoms with van der Waals surface area (Å²) in [4.78, 5) is 33.5. The van der Waals surface area contributed by atoms with Crippen molar-refractivity contribution in [2.24, 2.45) is 5.73 Å². The van der Waals surface area contributed by atoms with E-state index in [1.54, 1.807) is 0 Å². The number of hydrogen-bond donors (Lipinski definition) is 3. The van der Waals surface area contributed by atoms with Crippen LogP contribution in [0.3, 0.4) is 0 Å². The molecular weight excluding hydrogens is 352 g/mol. The van der Waals surface area contributed by atoms with E-state index in [9.17, 15) is 14.4 Å². The predicted octanol–water partition coefficient (Wildman–Crippen LogP) is 1.67. The maximum atomic E-state index is 11.9. The lowest BCUT2D eigenvalue weighted by Crippen LogP contribution is -2.45. The van der Waals surface area contributed by atoms with Crippen LogP contribution in [-0.4, -0.2) is 47.2 Å². The summed E-state index contributed by atoms with van der Waals surface area (Å²) in [7, 11) is 2.86. The van der Waals surface area contributed by atoms with Crippen molar-refractivity contribution >= 4 is 39.6 Å². The van der Waals surface area contributed by atoms with Crippen LogP contribution in [-0.2, 0) is 20.7 Å². The Morgan fingerprint density at radius 2 is 1.83 bits per heavy atom. The lowest BCUT2D eigenvalue weighted by molar-refractivity contribution is -0.127. The molecule has 1 atom stereocenters. The van der Waals surface area contributed by atoms with Crippen LogP contribution in [0.1, 0.15) is 12.0 Å². The molecule has 1 aromatic carbocycles. The Hall–Kier alpha value is -1.87. The molecule has 9 heteroatoms. The van der Waals surface area contributed by atoms with Gasteiger partial charge in [-0.3, -0.25) is 9.59 Å². The Kier molecular flexibility index (Phi) is 9.78. The average Bonchev–Trinajstić information content (AvgIpc) is 2.54. The molecular formula is C15H20N2O5S2. The van der Waals surface area contributed by atoms with E-state index in [2.05, 4.69) is 10.1 Å². The molecule has 0 unspecified atom stereocenters. The molecule has 24 heavy (non-hydrogen) atoms. The SMILES string of the molecule is NC(=O)[C@@H](Cc1ccccc1)NC(=O)CCSSCCOC(=O)O. The summed E-state index contributed by atoms with van der Waals surface area (Å²) < 4.78 is 4.36. The van der Waals surface area contributed by atoms with Gasteiger partial charge in [-0.1, -0.05) is 51.9 Å². The van der Waals surface area contributed by atoms with Crippen LogP contribution in [0.15, 0.2) is 30.3 Å². The number of nitrogens with one attached hydrogen (secondary N) is 1. The van der Waals surface area contributed by atoms with Crippen molar-refractivity contribution in [3.05, 3.63) is 35.9 Å². The van der Waals surface area contributed by atoms with Gasteiger partial charge < -0.3 is 20.9 Å². The van der Waals surface area contributed by atoms with E-state index in [1.165, 1.54) is 21.6 Å². The lowest BCUT2D eigenvalue weighted by atomic mass is 10.1. The zero-order chi connectivity index (χ0) is 17.8. The van der Waals surface area contributed by atoms with Crippen molar-refractivity contribution in [1.29, 1.82) is 0 Å². The fraction of sp³-hybridized carbons (Fsp3) is 0.400. The number of hydrogen-bond acceptors (Lipinski definition) is 6. The maximum Gasteiger partial charge on any atom is 0.505 e. The van der Waals surface area contributed by atoms with Crippen molar-refractivity contribution in [3.63, 3.8) is 0 Å². The molecule has 0 saturated carbocycles. The Labute approximate surface area is 148 Å². The highest BCUT2D eigenvalue weighted by Gasteiger charge is 2.18. The minimum Gasteiger partial charge on any atom is -0.450 e. The van der Waals surface area contributed by atoms with E-state index < -0.39 is 18.1 Å². The second kappa shape index (κ2) is 11.6. The number of carbonyl (C=O) groups is 3. The summed E-state index contributed by atoms with van der Waals surface area (Å²) in [5.74, 6) is 0.237. The molecule has 0 aliphatic heterocycles. The molecule has 0 saturated heterocycles. The third-order valence-corrected chi connectivity index (χ3v) is 5.22. The zero-order valence-electron chi connectivity index (χ0n) is 13.0. The van der Waals surface area contributed by atoms with Gasteiger partial charge in [0.1, 0.15) is 12.6 Å². The zero-order valence-corrected chi connectivity index (χ0v) is 14.6. The van der Waals surface area contributed by atoms with Gasteiger partial charge in [-0.2, -0.15) is 0 Å². The summed E-state index contributed by atoms with van der Waals surface area (Å²) in [5, 5.41) is 10.9. The first-order valence-electron chi connectivity index (χ1n) is 7.21. The number of primary amides is 1. The first kappa shape index (κ1) is 20.2. The molecule has 4 N–H and O–H groups in total. The number of nitrogens with two attached hydrogens (primary N) is 1. The van der Waals surface area contributed by atoms with E-state index in [0.717, 1.165) is 5.56 Å². The van der Waals surface area contributed by atoms with Gasteiger partial charge in [0, 0.05) is 24.3 Å². The first-order valence-corrected chi connectivity index (χ1v) is 9.70. The Morgan fingerprint density at radius 3 is 2.46 bits per heavy atom. The smallest absolute Gasteiger partial charge is 0.450 e. The molecule has 132 valence electrons. The highest BCUT2D eigenvalue weighted by atomic mass is 33.1. The molecule has 0 fully saturated rings. The third-order valence-electron chi connectivity index (χ3n) is 2.85. The molecule has 0 aromatic heterocycles. The highest BCUT2D eigenvalue weighted by molar-refractivity contribution is 8.76. The molecule has 1 aromatic rings. The molecule has 1 rings (SSSR count). The highest BCUT2D eigenvalue weighted by Crippen LogP contribution is 2.21. The van der Waals surface area contributed by atoms with Crippen molar-refractivity contribution in [2.45, 2.75) is 18.9 Å². The molecule has 7 nitrogen and oxygen atoms in total. The Morgan fingerprint density at radius 1 is 1.17 bits per heavy atom. The number of rotatable bonds is 11. The monoisotopic (exact) mass is 372 g/mol. The van der Waals surface area contributed by atoms with E-state index in [4.69, 9.17) is 10.8 Å². The van der Waals surface area contributed by atoms with Crippen LogP contribution in [0.25, 0.3) is 0 Å². The van der Waals surface area contributed by atoms with Crippen molar-refractivity contribution in [3.8, 4) is 0 Å². The molecule has 0 aliphatic rings. The third kappa shape index (κ3) is 9.31. The van der Waals surface area contributed by atoms with Crippen LogP contribution in [0.4, 0.5) is 4.79 Å². The number of amides is 2. The quantitative estimate of drug-likeness (QED) is 0.307. The maximum absolute atomic E-state index is 11.9. The van der Waals surface area contributed by atoms with Crippen molar-refractivity contribution in [2.75, 3.05) is 18.1 Å². The standard InChI is InChI=1S/C15H20N2O5S2/c16-14(19)12(10-11-4-2-1-3-5-11)17-13(18)6-8-23-24-9-7-22-15(20)21/h1-5,12H,6-10H2,(H2,16,19)(H,17,18)(H,20,21)/t12-/m1/s1. The van der Waals surface area contributed by atoms with Gasteiger partial charge in [-0.05, 0) is 5.56 Å². The van der Waals surface area contributed by atoms with Gasteiger partial charge >= 0.3 is 6.16 Å². The van der Waals surface area contributed by atoms with E-state index in [0.29, 0.717) is 17.9 Å². The van der Waals surface area contributed by atoms with Gasteiger partial charge in [0.2, 0.25) is 11.8 Å². The van der Waals surface area contributed by atoms with Gasteiger partial charge in [0.25, 0.3) is 0 Å². The topological polar surface area (TPSA) is 119 Å². The van der Waals surface area contributed by atoms with E-state index in [1.807, 2.05) is 30.3 Å². The largest absolute Gasteiger partial charge is 0.505 e. The van der Waals surface area contributed by atoms with Crippen molar-refractivity contribution in [1.82, 2.24) is 5.32 Å². The van der Waals surface area contributed by atoms with Crippen LogP contribution in [0.5, 0.6) is 0 Å². The summed E-state index contributed by atoms with van der Waals surface area (Å²) >= 11 is 0. The second-order valence-electron chi connectivity index (χ2n) is 4.72. The molecule has 0 heterocycles. The number of carbonyl (C=O) groups excluding carboxylic acids is 2. The van der Waals surface area contributed by atoms with E-state index in [-0.39, 0.29) is 18.9 Å². The minimum absolute atomic E-state index is 0.111. The Bertz CT molecular complexity index is 542. The summed E-state index contributed by atoms with van der Waals surface area (Å²) in [6, 6.07) is 8.59. The van der Waals surface area contributed by atoms with E-state index >= 15 is 0 Å². The van der Waals surface area contributed by atoms with Crippen molar-refractivity contribution < 1.29 is 24.2 Å². The summed E-state index contributed by atoms with van der Waals surface area (Å²) in [6.45, 7) is 0.111. The van der Waals surface area contributed by atoms with Crippen LogP contribution < -0.4 is 11.1 Å². The number of benzene rings is 1. The minimum atomic E-state index is -1.30. The van der Waals surface area contributed by atoms with Gasteiger partial charge in [-0.25, -0.2) is 4.79 Å². The molecule has 0 radical (unpaired) electrons. The fourth-order valence-electron chi connectivity index (χ4n) is 1.75. The Balaban J connectivity index is 2.23. The van der Waals surface area contributed by atoms with Crippen LogP contribution in [0.2, 0.25) is 0 Å². The van der Waals surface area contributed by atoms with Crippen LogP contribution >= 0.6 is 21.6 Å². The fourth-order valence-corrected chi connectivity index (χ4v) is 3.57.